The maximum absolute atomic E-state index is 14.5. The highest BCUT2D eigenvalue weighted by Gasteiger charge is 2.60. The van der Waals surface area contributed by atoms with E-state index < -0.39 is 64.5 Å². The van der Waals surface area contributed by atoms with Crippen molar-refractivity contribution in [2.75, 3.05) is 46.7 Å². The molecular weight excluding hydrogens is 569 g/mol. The number of carbonyl (C=O) groups is 4. The Morgan fingerprint density at radius 1 is 1.00 bits per heavy atom. The molecule has 42 heavy (non-hydrogen) atoms. The van der Waals surface area contributed by atoms with Crippen LogP contribution in [0, 0.1) is 0 Å². The molecule has 1 unspecified atom stereocenters. The molecule has 4 rings (SSSR count). The Hall–Kier alpha value is -4.21. The molecule has 1 atom stereocenters. The van der Waals surface area contributed by atoms with Crippen LogP contribution in [0.1, 0.15) is 25.0 Å². The first-order valence-electron chi connectivity index (χ1n) is 12.6. The Kier molecular flexibility index (Phi) is 10.5. The van der Waals surface area contributed by atoms with Gasteiger partial charge in [-0.15, -0.1) is 0 Å². The zero-order valence-corrected chi connectivity index (χ0v) is 22.9. The van der Waals surface area contributed by atoms with Crippen LogP contribution >= 0.6 is 0 Å². The Balaban J connectivity index is 2.48. The van der Waals surface area contributed by atoms with E-state index in [2.05, 4.69) is 0 Å². The minimum absolute atomic E-state index is 0.0427. The topological polar surface area (TPSA) is 153 Å². The number of ether oxygens (including phenoxy) is 5. The highest BCUT2D eigenvalue weighted by atomic mass is 19.4. The van der Waals surface area contributed by atoms with E-state index in [1.54, 1.807) is 0 Å². The fraction of sp³-hybridized carbons (Fsp3) is 0.407. The van der Waals surface area contributed by atoms with Crippen LogP contribution in [0.15, 0.2) is 59.0 Å². The van der Waals surface area contributed by atoms with E-state index in [0.29, 0.717) is 18.2 Å². The molecule has 2 bridgehead atoms. The maximum atomic E-state index is 14.5. The van der Waals surface area contributed by atoms with Gasteiger partial charge in [-0.3, -0.25) is 0 Å². The Morgan fingerprint density at radius 2 is 1.67 bits per heavy atom. The quantitative estimate of drug-likeness (QED) is 0.225. The van der Waals surface area contributed by atoms with Gasteiger partial charge in [-0.1, -0.05) is 18.2 Å². The van der Waals surface area contributed by atoms with Gasteiger partial charge in [0, 0.05) is 24.3 Å². The van der Waals surface area contributed by atoms with Gasteiger partial charge in [0.25, 0.3) is 0 Å². The number of alkyl halides is 3. The number of nitrogens with zero attached hydrogens (tertiary/aromatic N) is 1. The lowest BCUT2D eigenvalue weighted by Crippen LogP contribution is -2.51. The molecule has 15 heteroatoms. The van der Waals surface area contributed by atoms with Gasteiger partial charge in [-0.2, -0.15) is 18.2 Å². The number of nitrogens with two attached hydrogens (primary N) is 1. The molecule has 0 amide bonds. The number of fused-ring (bicyclic) bond motifs is 4. The maximum Gasteiger partial charge on any atom is 0.416 e. The van der Waals surface area contributed by atoms with Crippen molar-refractivity contribution in [2.45, 2.75) is 25.6 Å². The van der Waals surface area contributed by atoms with Crippen molar-refractivity contribution in [1.82, 2.24) is 5.06 Å². The van der Waals surface area contributed by atoms with E-state index >= 15 is 0 Å². The van der Waals surface area contributed by atoms with Gasteiger partial charge < -0.3 is 34.3 Å². The molecule has 0 saturated heterocycles. The largest absolute Gasteiger partial charge is 0.465 e. The predicted molar refractivity (Wildman–Crippen MR) is 135 cm³/mol. The summed E-state index contributed by atoms with van der Waals surface area (Å²) in [5, 5.41) is 0.736. The molecule has 3 aliphatic rings. The van der Waals surface area contributed by atoms with E-state index in [0.717, 1.165) is 24.3 Å². The molecule has 0 spiro atoms. The number of hydrogen-bond donors (Lipinski definition) is 1. The summed E-state index contributed by atoms with van der Waals surface area (Å²) in [7, 11) is 0.931. The van der Waals surface area contributed by atoms with Crippen LogP contribution in [0.5, 0.6) is 0 Å². The van der Waals surface area contributed by atoms with E-state index in [4.69, 9.17) is 34.3 Å². The predicted octanol–water partition coefficient (Wildman–Crippen LogP) is 2.04. The molecule has 0 radical (unpaired) electrons. The van der Waals surface area contributed by atoms with Crippen molar-refractivity contribution in [3.05, 3.63) is 70.1 Å². The Morgan fingerprint density at radius 3 is 2.31 bits per heavy atom. The number of halogens is 3. The van der Waals surface area contributed by atoms with Gasteiger partial charge in [0.15, 0.2) is 0 Å². The van der Waals surface area contributed by atoms with E-state index in [9.17, 15) is 32.3 Å². The highest BCUT2D eigenvalue weighted by Crippen LogP contribution is 2.52. The lowest BCUT2D eigenvalue weighted by atomic mass is 9.73. The first kappa shape index (κ1) is 32.3. The van der Waals surface area contributed by atoms with E-state index in [1.807, 2.05) is 0 Å². The summed E-state index contributed by atoms with van der Waals surface area (Å²) in [6.07, 6.45) is -3.81. The number of carbonyl (C=O) groups excluding carboxylic acids is 4. The second kappa shape index (κ2) is 13.6. The van der Waals surface area contributed by atoms with Gasteiger partial charge >= 0.3 is 30.1 Å². The molecule has 3 aliphatic heterocycles. The molecule has 1 aromatic carbocycles. The molecule has 228 valence electrons. The van der Waals surface area contributed by atoms with Crippen molar-refractivity contribution in [3.8, 4) is 0 Å². The molecule has 1 aromatic rings. The first-order valence-corrected chi connectivity index (χ1v) is 12.6. The summed E-state index contributed by atoms with van der Waals surface area (Å²) < 4.78 is 70.1. The SMILES string of the molecule is CCOC(=O)C1=C(COCCOCCN)N2OC(=O)/C=C/C(=O)OC1(c1ccccc1C(F)(F)F)C(C(=O)OC)=C2C. The average molecular weight is 599 g/mol. The Labute approximate surface area is 238 Å². The minimum atomic E-state index is -5.06. The molecule has 0 aromatic heterocycles. The van der Waals surface area contributed by atoms with Crippen LogP contribution in [0.4, 0.5) is 13.2 Å². The summed E-state index contributed by atoms with van der Waals surface area (Å²) in [6.45, 7) is 2.16. The fourth-order valence-corrected chi connectivity index (χ4v) is 4.48. The smallest absolute Gasteiger partial charge is 0.416 e. The van der Waals surface area contributed by atoms with Gasteiger partial charge in [0.2, 0.25) is 5.60 Å². The number of allylic oxidation sites excluding steroid dienone is 1. The van der Waals surface area contributed by atoms with E-state index in [-0.39, 0.29) is 44.4 Å². The third-order valence-electron chi connectivity index (χ3n) is 6.05. The molecule has 3 heterocycles. The third kappa shape index (κ3) is 6.48. The Bertz CT molecular complexity index is 1320. The number of hydroxylamine groups is 2. The third-order valence-corrected chi connectivity index (χ3v) is 6.05. The van der Waals surface area contributed by atoms with Crippen LogP contribution in [0.2, 0.25) is 0 Å². The molecular formula is C27H29F3N2O10. The van der Waals surface area contributed by atoms with Crippen LogP contribution in [0.25, 0.3) is 0 Å². The standard InChI is InChI=1S/C27H29F3N2O10/c1-4-40-25(36)23-19(15-39-14-13-38-12-11-31)32-16(2)22(24(35)37-3)26(23,41-20(33)9-10-21(34)42-32)17-7-5-6-8-18(17)27(28,29)30/h5-10H,4,11-15,31H2,1-3H3/b10-9+. The number of hydrogen-bond acceptors (Lipinski definition) is 12. The van der Waals surface area contributed by atoms with Gasteiger partial charge in [0.05, 0.1) is 57.1 Å². The average Bonchev–Trinajstić information content (AvgIpc) is 2.94. The van der Waals surface area contributed by atoms with Crippen molar-refractivity contribution >= 4 is 23.9 Å². The first-order chi connectivity index (χ1) is 19.9. The van der Waals surface area contributed by atoms with Crippen LogP contribution in [-0.4, -0.2) is 75.6 Å². The van der Waals surface area contributed by atoms with Crippen LogP contribution < -0.4 is 5.73 Å². The normalized spacial score (nSPS) is 19.8. The van der Waals surface area contributed by atoms with E-state index in [1.165, 1.54) is 19.9 Å². The number of benzene rings is 1. The second-order valence-corrected chi connectivity index (χ2v) is 8.63. The van der Waals surface area contributed by atoms with Crippen LogP contribution in [-0.2, 0) is 59.5 Å². The van der Waals surface area contributed by atoms with Crippen molar-refractivity contribution in [1.29, 1.82) is 0 Å². The number of rotatable bonds is 11. The van der Waals surface area contributed by atoms with Gasteiger partial charge in [-0.25, -0.2) is 19.2 Å². The van der Waals surface area contributed by atoms with Crippen LogP contribution in [0.3, 0.4) is 0 Å². The van der Waals surface area contributed by atoms with Gasteiger partial charge in [-0.05, 0) is 19.9 Å². The molecule has 0 saturated carbocycles. The lowest BCUT2D eigenvalue weighted by Gasteiger charge is -2.44. The summed E-state index contributed by atoms with van der Waals surface area (Å²) >= 11 is 0. The van der Waals surface area contributed by atoms with Crippen molar-refractivity contribution < 1.29 is 60.9 Å². The molecule has 12 nitrogen and oxygen atoms in total. The lowest BCUT2D eigenvalue weighted by molar-refractivity contribution is -0.178. The van der Waals surface area contributed by atoms with Crippen molar-refractivity contribution in [2.24, 2.45) is 5.73 Å². The zero-order valence-electron chi connectivity index (χ0n) is 22.9. The second-order valence-electron chi connectivity index (χ2n) is 8.63. The highest BCUT2D eigenvalue weighted by molar-refractivity contribution is 6.03. The molecule has 2 N–H and O–H groups in total. The summed E-state index contributed by atoms with van der Waals surface area (Å²) in [6, 6.07) is 3.92. The summed E-state index contributed by atoms with van der Waals surface area (Å²) in [4.78, 5) is 58.2. The number of esters is 3. The minimum Gasteiger partial charge on any atom is -0.465 e. The monoisotopic (exact) mass is 598 g/mol. The molecule has 0 aliphatic carbocycles. The van der Waals surface area contributed by atoms with Crippen molar-refractivity contribution in [3.63, 3.8) is 0 Å². The summed E-state index contributed by atoms with van der Waals surface area (Å²) in [5.74, 6) is -5.11. The fourth-order valence-electron chi connectivity index (χ4n) is 4.48. The van der Waals surface area contributed by atoms with Gasteiger partial charge in [0.1, 0.15) is 11.1 Å². The summed E-state index contributed by atoms with van der Waals surface area (Å²) in [5.41, 5.74) is -1.92. The zero-order chi connectivity index (χ0) is 31.1. The molecule has 0 fully saturated rings. The number of methoxy groups -OCH3 is 1.